The third kappa shape index (κ3) is 5.73. The van der Waals surface area contributed by atoms with Crippen molar-refractivity contribution in [3.8, 4) is 5.75 Å². The van der Waals surface area contributed by atoms with Gasteiger partial charge in [0.15, 0.2) is 5.96 Å². The van der Waals surface area contributed by atoms with Crippen molar-refractivity contribution in [2.75, 3.05) is 33.4 Å². The Morgan fingerprint density at radius 1 is 1.00 bits per heavy atom. The average molecular weight is 382 g/mol. The largest absolute Gasteiger partial charge is 0.491 e. The lowest BCUT2D eigenvalue weighted by Gasteiger charge is -2.19. The lowest BCUT2D eigenvalue weighted by Crippen LogP contribution is -2.41. The Bertz CT molecular complexity index is 740. The minimum Gasteiger partial charge on any atom is -0.491 e. The molecule has 0 aromatic heterocycles. The summed E-state index contributed by atoms with van der Waals surface area (Å²) in [5, 5.41) is 6.89. The Morgan fingerprint density at radius 2 is 1.75 bits per heavy atom. The Labute approximate surface area is 168 Å². The molecular weight excluding hydrogens is 350 g/mol. The van der Waals surface area contributed by atoms with Gasteiger partial charge in [0.1, 0.15) is 12.4 Å². The number of guanidine groups is 1. The molecule has 150 valence electrons. The predicted molar refractivity (Wildman–Crippen MR) is 114 cm³/mol. The maximum atomic E-state index is 5.61. The number of hydrogen-bond acceptors (Lipinski definition) is 3. The second-order valence-corrected chi connectivity index (χ2v) is 7.18. The van der Waals surface area contributed by atoms with Crippen molar-refractivity contribution in [2.45, 2.75) is 31.7 Å². The van der Waals surface area contributed by atoms with Gasteiger partial charge in [-0.3, -0.25) is 0 Å². The highest BCUT2D eigenvalue weighted by Gasteiger charge is 2.43. The third-order valence-electron chi connectivity index (χ3n) is 5.08. The highest BCUT2D eigenvalue weighted by Crippen LogP contribution is 2.47. The van der Waals surface area contributed by atoms with Crippen LogP contribution in [0.1, 0.15) is 30.9 Å². The van der Waals surface area contributed by atoms with Crippen LogP contribution >= 0.6 is 0 Å². The maximum Gasteiger partial charge on any atom is 0.191 e. The summed E-state index contributed by atoms with van der Waals surface area (Å²) in [6.07, 6.45) is 2.46. The molecule has 1 aliphatic rings. The Kier molecular flexibility index (Phi) is 7.31. The van der Waals surface area contributed by atoms with Gasteiger partial charge in [0.2, 0.25) is 0 Å². The van der Waals surface area contributed by atoms with Gasteiger partial charge in [-0.15, -0.1) is 0 Å². The standard InChI is InChI=1S/C23H31N3O2/c1-3-24-22(26-18-23(13-14-23)20-7-5-4-6-8-20)25-17-19-9-11-21(12-10-19)28-16-15-27-2/h4-12H,3,13-18H2,1-2H3,(H2,24,25,26). The van der Waals surface area contributed by atoms with Crippen molar-refractivity contribution in [3.63, 3.8) is 0 Å². The van der Waals surface area contributed by atoms with E-state index in [-0.39, 0.29) is 5.41 Å². The van der Waals surface area contributed by atoms with Gasteiger partial charge in [-0.05, 0) is 43.0 Å². The SMILES string of the molecule is CCNC(=NCc1ccc(OCCOC)cc1)NCC1(c2ccccc2)CC1. The minimum atomic E-state index is 0.263. The summed E-state index contributed by atoms with van der Waals surface area (Å²) in [7, 11) is 1.67. The first-order valence-corrected chi connectivity index (χ1v) is 10.0. The van der Waals surface area contributed by atoms with E-state index in [0.29, 0.717) is 19.8 Å². The molecule has 2 aromatic carbocycles. The van der Waals surface area contributed by atoms with Crippen LogP contribution in [0.5, 0.6) is 5.75 Å². The normalized spacial score (nSPS) is 15.1. The van der Waals surface area contributed by atoms with Crippen LogP contribution in [-0.4, -0.2) is 39.4 Å². The van der Waals surface area contributed by atoms with Gasteiger partial charge in [-0.1, -0.05) is 42.5 Å². The van der Waals surface area contributed by atoms with Crippen LogP contribution < -0.4 is 15.4 Å². The zero-order valence-corrected chi connectivity index (χ0v) is 16.9. The highest BCUT2D eigenvalue weighted by molar-refractivity contribution is 5.80. The molecule has 3 rings (SSSR count). The van der Waals surface area contributed by atoms with Crippen molar-refractivity contribution in [1.29, 1.82) is 0 Å². The van der Waals surface area contributed by atoms with Crippen LogP contribution in [0.2, 0.25) is 0 Å². The number of nitrogens with one attached hydrogen (secondary N) is 2. The smallest absolute Gasteiger partial charge is 0.191 e. The molecule has 1 aliphatic carbocycles. The van der Waals surface area contributed by atoms with E-state index in [4.69, 9.17) is 14.5 Å². The summed E-state index contributed by atoms with van der Waals surface area (Å²) in [5.41, 5.74) is 2.83. The molecule has 2 aromatic rings. The van der Waals surface area contributed by atoms with Crippen LogP contribution in [-0.2, 0) is 16.7 Å². The van der Waals surface area contributed by atoms with E-state index in [1.54, 1.807) is 7.11 Å². The van der Waals surface area contributed by atoms with Crippen molar-refractivity contribution >= 4 is 5.96 Å². The fraction of sp³-hybridized carbons (Fsp3) is 0.435. The minimum absolute atomic E-state index is 0.263. The zero-order chi connectivity index (χ0) is 19.7. The van der Waals surface area contributed by atoms with Gasteiger partial charge < -0.3 is 20.1 Å². The molecule has 1 saturated carbocycles. The highest BCUT2D eigenvalue weighted by atomic mass is 16.5. The van der Waals surface area contributed by atoms with E-state index in [1.807, 2.05) is 12.1 Å². The summed E-state index contributed by atoms with van der Waals surface area (Å²) in [5.74, 6) is 1.72. The molecule has 5 nitrogen and oxygen atoms in total. The van der Waals surface area contributed by atoms with E-state index in [0.717, 1.165) is 30.4 Å². The van der Waals surface area contributed by atoms with Crippen molar-refractivity contribution in [1.82, 2.24) is 10.6 Å². The summed E-state index contributed by atoms with van der Waals surface area (Å²) < 4.78 is 10.6. The number of benzene rings is 2. The first-order chi connectivity index (χ1) is 13.8. The lowest BCUT2D eigenvalue weighted by molar-refractivity contribution is 0.146. The first-order valence-electron chi connectivity index (χ1n) is 10.0. The van der Waals surface area contributed by atoms with Crippen LogP contribution in [0.4, 0.5) is 0 Å². The van der Waals surface area contributed by atoms with Gasteiger partial charge >= 0.3 is 0 Å². The number of aliphatic imine (C=N–C) groups is 1. The lowest BCUT2D eigenvalue weighted by atomic mass is 9.96. The monoisotopic (exact) mass is 381 g/mol. The summed E-state index contributed by atoms with van der Waals surface area (Å²) in [6.45, 7) is 5.63. The molecule has 5 heteroatoms. The molecule has 2 N–H and O–H groups in total. The Morgan fingerprint density at radius 3 is 2.39 bits per heavy atom. The second kappa shape index (κ2) is 10.1. The van der Waals surface area contributed by atoms with Crippen molar-refractivity contribution in [2.24, 2.45) is 4.99 Å². The van der Waals surface area contributed by atoms with Crippen molar-refractivity contribution < 1.29 is 9.47 Å². The summed E-state index contributed by atoms with van der Waals surface area (Å²) in [4.78, 5) is 4.75. The molecule has 0 saturated heterocycles. The van der Waals surface area contributed by atoms with E-state index < -0.39 is 0 Å². The quantitative estimate of drug-likeness (QED) is 0.376. The Hall–Kier alpha value is -2.53. The van der Waals surface area contributed by atoms with Gasteiger partial charge in [-0.2, -0.15) is 0 Å². The van der Waals surface area contributed by atoms with Gasteiger partial charge in [0.25, 0.3) is 0 Å². The topological polar surface area (TPSA) is 54.9 Å². The van der Waals surface area contributed by atoms with E-state index in [2.05, 4.69) is 60.0 Å². The molecule has 28 heavy (non-hydrogen) atoms. The zero-order valence-electron chi connectivity index (χ0n) is 16.9. The Balaban J connectivity index is 1.54. The molecule has 0 heterocycles. The first kappa shape index (κ1) is 20.2. The predicted octanol–water partition coefficient (Wildman–Crippen LogP) is 3.50. The molecule has 0 bridgehead atoms. The summed E-state index contributed by atoms with van der Waals surface area (Å²) in [6, 6.07) is 18.9. The summed E-state index contributed by atoms with van der Waals surface area (Å²) >= 11 is 0. The molecule has 1 fully saturated rings. The van der Waals surface area contributed by atoms with Crippen LogP contribution in [0.25, 0.3) is 0 Å². The van der Waals surface area contributed by atoms with Crippen LogP contribution in [0.3, 0.4) is 0 Å². The molecule has 0 spiro atoms. The number of methoxy groups -OCH3 is 1. The molecule has 0 unspecified atom stereocenters. The van der Waals surface area contributed by atoms with Gasteiger partial charge in [-0.25, -0.2) is 4.99 Å². The van der Waals surface area contributed by atoms with E-state index in [9.17, 15) is 0 Å². The molecule has 0 atom stereocenters. The molecular formula is C23H31N3O2. The number of rotatable bonds is 10. The van der Waals surface area contributed by atoms with Crippen LogP contribution in [0.15, 0.2) is 59.6 Å². The molecule has 0 radical (unpaired) electrons. The fourth-order valence-electron chi connectivity index (χ4n) is 3.21. The fourth-order valence-corrected chi connectivity index (χ4v) is 3.21. The van der Waals surface area contributed by atoms with Crippen LogP contribution in [0, 0.1) is 0 Å². The van der Waals surface area contributed by atoms with Gasteiger partial charge in [0, 0.05) is 25.6 Å². The number of hydrogen-bond donors (Lipinski definition) is 2. The maximum absolute atomic E-state index is 5.61. The third-order valence-corrected chi connectivity index (χ3v) is 5.08. The molecule has 0 aliphatic heterocycles. The average Bonchev–Trinajstić information content (AvgIpc) is 3.53. The van der Waals surface area contributed by atoms with Gasteiger partial charge in [0.05, 0.1) is 13.2 Å². The number of ether oxygens (including phenoxy) is 2. The molecule has 0 amide bonds. The number of nitrogens with zero attached hydrogens (tertiary/aromatic N) is 1. The van der Waals surface area contributed by atoms with E-state index >= 15 is 0 Å². The second-order valence-electron chi connectivity index (χ2n) is 7.18. The van der Waals surface area contributed by atoms with E-state index in [1.165, 1.54) is 18.4 Å². The van der Waals surface area contributed by atoms with Crippen molar-refractivity contribution in [3.05, 3.63) is 65.7 Å².